The van der Waals surface area contributed by atoms with Crippen molar-refractivity contribution in [1.82, 2.24) is 0 Å². The predicted octanol–water partition coefficient (Wildman–Crippen LogP) is 5.03. The van der Waals surface area contributed by atoms with E-state index >= 15 is 0 Å². The van der Waals surface area contributed by atoms with Crippen LogP contribution in [0, 0.1) is 37.5 Å². The Kier molecular flexibility index (Phi) is 6.29. The zero-order valence-corrected chi connectivity index (χ0v) is 21.9. The molecule has 1 heterocycles. The molecular formula is C32H30N2O5. The third kappa shape index (κ3) is 4.52. The molecule has 3 aromatic carbocycles. The number of esters is 1. The van der Waals surface area contributed by atoms with Crippen molar-refractivity contribution >= 4 is 35.1 Å². The van der Waals surface area contributed by atoms with Crippen LogP contribution in [0.2, 0.25) is 0 Å². The van der Waals surface area contributed by atoms with E-state index in [0.717, 1.165) is 24.0 Å². The summed E-state index contributed by atoms with van der Waals surface area (Å²) in [6.45, 7) is 3.45. The minimum atomic E-state index is -0.656. The van der Waals surface area contributed by atoms with Crippen LogP contribution in [-0.4, -0.2) is 30.3 Å². The molecule has 3 aromatic rings. The van der Waals surface area contributed by atoms with E-state index in [-0.39, 0.29) is 41.0 Å². The van der Waals surface area contributed by atoms with Crippen molar-refractivity contribution in [3.8, 4) is 0 Å². The third-order valence-electron chi connectivity index (χ3n) is 8.44. The van der Waals surface area contributed by atoms with Gasteiger partial charge in [-0.1, -0.05) is 36.4 Å². The summed E-state index contributed by atoms with van der Waals surface area (Å²) >= 11 is 0. The molecule has 39 heavy (non-hydrogen) atoms. The molecule has 2 aliphatic carbocycles. The maximum absolute atomic E-state index is 13.5. The van der Waals surface area contributed by atoms with Crippen molar-refractivity contribution in [2.75, 3.05) is 16.8 Å². The number of nitrogens with zero attached hydrogens (tertiary/aromatic N) is 1. The quantitative estimate of drug-likeness (QED) is 0.362. The van der Waals surface area contributed by atoms with Gasteiger partial charge < -0.3 is 10.1 Å². The monoisotopic (exact) mass is 522 g/mol. The topological polar surface area (TPSA) is 92.8 Å². The van der Waals surface area contributed by atoms with Crippen LogP contribution in [0.3, 0.4) is 0 Å². The second-order valence-corrected chi connectivity index (χ2v) is 11.0. The molecule has 5 atom stereocenters. The molecule has 1 N–H and O–H groups in total. The smallest absolute Gasteiger partial charge is 0.338 e. The van der Waals surface area contributed by atoms with E-state index in [0.29, 0.717) is 17.3 Å². The van der Waals surface area contributed by atoms with Crippen molar-refractivity contribution in [2.45, 2.75) is 32.6 Å². The Hall–Kier alpha value is -4.26. The zero-order chi connectivity index (χ0) is 27.3. The van der Waals surface area contributed by atoms with E-state index in [1.807, 2.05) is 50.2 Å². The Morgan fingerprint density at radius 3 is 2.23 bits per heavy atom. The van der Waals surface area contributed by atoms with Gasteiger partial charge in [-0.2, -0.15) is 0 Å². The van der Waals surface area contributed by atoms with E-state index in [1.54, 1.807) is 12.1 Å². The zero-order valence-electron chi connectivity index (χ0n) is 21.9. The number of aryl methyl sites for hydroxylation is 2. The van der Waals surface area contributed by atoms with Crippen molar-refractivity contribution < 1.29 is 23.9 Å². The summed E-state index contributed by atoms with van der Waals surface area (Å²) in [6.07, 6.45) is 1.85. The molecule has 1 saturated heterocycles. The van der Waals surface area contributed by atoms with E-state index in [2.05, 4.69) is 17.4 Å². The molecule has 0 aromatic heterocycles. The normalized spacial score (nSPS) is 25.1. The Morgan fingerprint density at radius 1 is 0.872 bits per heavy atom. The largest absolute Gasteiger partial charge is 0.452 e. The minimum Gasteiger partial charge on any atom is -0.452 e. The summed E-state index contributed by atoms with van der Waals surface area (Å²) in [5.74, 6) is -1.23. The molecule has 0 spiro atoms. The summed E-state index contributed by atoms with van der Waals surface area (Å²) in [7, 11) is 0. The molecule has 7 heteroatoms. The highest BCUT2D eigenvalue weighted by molar-refractivity contribution is 6.22. The van der Waals surface area contributed by atoms with Crippen LogP contribution >= 0.6 is 0 Å². The highest BCUT2D eigenvalue weighted by atomic mass is 16.5. The van der Waals surface area contributed by atoms with E-state index in [1.165, 1.54) is 22.6 Å². The van der Waals surface area contributed by atoms with Crippen molar-refractivity contribution in [1.29, 1.82) is 0 Å². The van der Waals surface area contributed by atoms with Gasteiger partial charge in [0.15, 0.2) is 6.61 Å². The highest BCUT2D eigenvalue weighted by Gasteiger charge is 2.64. The van der Waals surface area contributed by atoms with Crippen molar-refractivity contribution in [3.05, 3.63) is 95.1 Å². The van der Waals surface area contributed by atoms with E-state index < -0.39 is 18.5 Å². The van der Waals surface area contributed by atoms with Gasteiger partial charge in [0, 0.05) is 5.69 Å². The third-order valence-corrected chi connectivity index (χ3v) is 8.44. The predicted molar refractivity (Wildman–Crippen MR) is 146 cm³/mol. The molecule has 2 bridgehead atoms. The first-order valence-corrected chi connectivity index (χ1v) is 13.4. The van der Waals surface area contributed by atoms with Crippen LogP contribution in [0.15, 0.2) is 72.8 Å². The molecule has 7 nitrogen and oxygen atoms in total. The number of carbonyl (C=O) groups is 4. The maximum atomic E-state index is 13.5. The Labute approximate surface area is 227 Å². The Morgan fingerprint density at radius 2 is 1.54 bits per heavy atom. The first kappa shape index (κ1) is 25.0. The van der Waals surface area contributed by atoms with Gasteiger partial charge in [0.2, 0.25) is 11.8 Å². The Balaban J connectivity index is 1.10. The number of hydrogen-bond donors (Lipinski definition) is 1. The van der Waals surface area contributed by atoms with Gasteiger partial charge in [-0.3, -0.25) is 19.3 Å². The summed E-state index contributed by atoms with van der Waals surface area (Å²) < 4.78 is 5.18. The molecule has 3 aliphatic rings. The second-order valence-electron chi connectivity index (χ2n) is 11.0. The fraction of sp³-hybridized carbons (Fsp3) is 0.312. The van der Waals surface area contributed by atoms with E-state index in [4.69, 9.17) is 4.74 Å². The average molecular weight is 523 g/mol. The lowest BCUT2D eigenvalue weighted by Crippen LogP contribution is -2.33. The van der Waals surface area contributed by atoms with Crippen LogP contribution in [0.4, 0.5) is 11.4 Å². The Bertz CT molecular complexity index is 1450. The molecule has 6 rings (SSSR count). The molecule has 0 unspecified atom stereocenters. The molecule has 1 aliphatic heterocycles. The van der Waals surface area contributed by atoms with Crippen molar-refractivity contribution in [3.63, 3.8) is 0 Å². The SMILES string of the molecule is Cc1cc(C)cc(NC(=O)COC(=O)c2ccc(N3C(=O)[C@@H]4[C@@H]5C[C@@H]([C@@H]4C3=O)[C@H](c3ccccc3)C5)cc2)c1. The number of nitrogens with one attached hydrogen (secondary N) is 1. The number of ether oxygens (including phenoxy) is 1. The van der Waals surface area contributed by atoms with Crippen LogP contribution in [0.1, 0.15) is 45.8 Å². The second kappa shape index (κ2) is 9.80. The first-order valence-electron chi connectivity index (χ1n) is 13.4. The van der Waals surface area contributed by atoms with Gasteiger partial charge in [-0.25, -0.2) is 4.79 Å². The van der Waals surface area contributed by atoms with Crippen LogP contribution < -0.4 is 10.2 Å². The lowest BCUT2D eigenvalue weighted by atomic mass is 9.73. The van der Waals surface area contributed by atoms with Gasteiger partial charge in [0.05, 0.1) is 23.1 Å². The fourth-order valence-electron chi connectivity index (χ4n) is 7.00. The number of amides is 3. The summed E-state index contributed by atoms with van der Waals surface area (Å²) in [4.78, 5) is 53.0. The van der Waals surface area contributed by atoms with Gasteiger partial charge in [-0.15, -0.1) is 0 Å². The number of fused-ring (bicyclic) bond motifs is 5. The van der Waals surface area contributed by atoms with Gasteiger partial charge >= 0.3 is 5.97 Å². The van der Waals surface area contributed by atoms with Crippen LogP contribution in [0.5, 0.6) is 0 Å². The number of imide groups is 1. The lowest BCUT2D eigenvalue weighted by molar-refractivity contribution is -0.123. The van der Waals surface area contributed by atoms with Crippen molar-refractivity contribution in [2.24, 2.45) is 23.7 Å². The maximum Gasteiger partial charge on any atom is 0.338 e. The number of anilines is 2. The molecule has 0 radical (unpaired) electrons. The van der Waals surface area contributed by atoms with Gasteiger partial charge in [0.25, 0.3) is 5.91 Å². The number of rotatable bonds is 6. The molecule has 2 saturated carbocycles. The van der Waals surface area contributed by atoms with E-state index in [9.17, 15) is 19.2 Å². The summed E-state index contributed by atoms with van der Waals surface area (Å²) in [5, 5.41) is 2.73. The van der Waals surface area contributed by atoms with Gasteiger partial charge in [-0.05, 0) is 97.5 Å². The van der Waals surface area contributed by atoms with Crippen LogP contribution in [0.25, 0.3) is 0 Å². The number of carbonyl (C=O) groups excluding carboxylic acids is 4. The average Bonchev–Trinajstić information content (AvgIpc) is 3.58. The number of hydrogen-bond acceptors (Lipinski definition) is 5. The fourth-order valence-corrected chi connectivity index (χ4v) is 7.00. The molecule has 3 amide bonds. The first-order chi connectivity index (χ1) is 18.8. The highest BCUT2D eigenvalue weighted by Crippen LogP contribution is 2.61. The number of benzene rings is 3. The molecule has 198 valence electrons. The summed E-state index contributed by atoms with van der Waals surface area (Å²) in [6, 6.07) is 22.2. The minimum absolute atomic E-state index is 0.137. The molecule has 3 fully saturated rings. The summed E-state index contributed by atoms with van der Waals surface area (Å²) in [5.41, 5.74) is 4.62. The lowest BCUT2D eigenvalue weighted by Gasteiger charge is -2.28. The molecular weight excluding hydrogens is 492 g/mol. The van der Waals surface area contributed by atoms with Crippen LogP contribution in [-0.2, 0) is 19.1 Å². The van der Waals surface area contributed by atoms with Gasteiger partial charge in [0.1, 0.15) is 0 Å². The standard InChI is InChI=1S/C32H30N2O5/c1-18-12-19(2)14-23(13-18)33-27(35)17-39-32(38)21-8-10-24(11-9-21)34-30(36)28-22-15-25(20-6-4-3-5-7-20)26(16-22)29(28)31(34)37/h3-14,22,25-26,28-29H,15-17H2,1-2H3,(H,33,35)/t22-,25-,26+,28+,29-/m0/s1.